The molecule has 2 rings (SSSR count). The molecule has 0 spiro atoms. The van der Waals surface area contributed by atoms with E-state index in [1.54, 1.807) is 18.2 Å². The quantitative estimate of drug-likeness (QED) is 0.489. The van der Waals surface area contributed by atoms with E-state index in [4.69, 9.17) is 4.55 Å². The highest BCUT2D eigenvalue weighted by Gasteiger charge is 2.27. The van der Waals surface area contributed by atoms with Crippen LogP contribution in [0.15, 0.2) is 53.0 Å². The van der Waals surface area contributed by atoms with Crippen LogP contribution in [0.2, 0.25) is 0 Å². The summed E-state index contributed by atoms with van der Waals surface area (Å²) in [6.45, 7) is 2.22. The molecule has 1 aromatic carbocycles. The van der Waals surface area contributed by atoms with E-state index in [1.165, 1.54) is 56.2 Å². The zero-order valence-corrected chi connectivity index (χ0v) is 15.6. The molecule has 1 aliphatic rings. The van der Waals surface area contributed by atoms with Crippen molar-refractivity contribution in [1.29, 1.82) is 0 Å². The normalized spacial score (nSPS) is 20.5. The molecule has 1 aliphatic carbocycles. The topological polar surface area (TPSA) is 74.6 Å². The highest BCUT2D eigenvalue weighted by atomic mass is 32.2. The van der Waals surface area contributed by atoms with Crippen molar-refractivity contribution < 1.29 is 18.1 Å². The minimum absolute atomic E-state index is 0.168. The zero-order chi connectivity index (χ0) is 18.3. The lowest BCUT2D eigenvalue weighted by Crippen LogP contribution is -2.24. The highest BCUT2D eigenvalue weighted by molar-refractivity contribution is 7.85. The van der Waals surface area contributed by atoms with Crippen LogP contribution in [0.3, 0.4) is 0 Å². The smallest absolute Gasteiger partial charge is 0.294 e. The summed E-state index contributed by atoms with van der Waals surface area (Å²) in [7, 11) is -4.21. The first-order valence-corrected chi connectivity index (χ1v) is 10.5. The third-order valence-corrected chi connectivity index (χ3v) is 5.59. The molecule has 0 saturated heterocycles. The molecule has 0 aliphatic heterocycles. The third kappa shape index (κ3) is 5.80. The Balaban J connectivity index is 1.89. The predicted octanol–water partition coefficient (Wildman–Crippen LogP) is 4.76. The molecule has 0 amide bonds. The summed E-state index contributed by atoms with van der Waals surface area (Å²) in [6.07, 6.45) is 14.9. The molecular weight excluding hydrogens is 336 g/mol. The van der Waals surface area contributed by atoms with E-state index in [0.29, 0.717) is 12.0 Å². The summed E-state index contributed by atoms with van der Waals surface area (Å²) in [4.78, 5) is -0.168. The fraction of sp³-hybridized carbons (Fsp3) is 0.500. The Morgan fingerprint density at radius 3 is 2.24 bits per heavy atom. The average Bonchev–Trinajstić information content (AvgIpc) is 2.59. The zero-order valence-electron chi connectivity index (χ0n) is 14.8. The van der Waals surface area contributed by atoms with Gasteiger partial charge in [0.05, 0.1) is 4.90 Å². The lowest BCUT2D eigenvalue weighted by atomic mass is 9.85. The minimum Gasteiger partial charge on any atom is -0.381 e. The number of benzene rings is 1. The van der Waals surface area contributed by atoms with Crippen molar-refractivity contribution >= 4 is 10.1 Å². The lowest BCUT2D eigenvalue weighted by molar-refractivity contribution is 0.0910. The second-order valence-corrected chi connectivity index (χ2v) is 8.18. The van der Waals surface area contributed by atoms with Crippen LogP contribution in [0, 0.1) is 0 Å². The molecule has 0 aromatic heterocycles. The van der Waals surface area contributed by atoms with Gasteiger partial charge in [0.1, 0.15) is 5.60 Å². The van der Waals surface area contributed by atoms with Gasteiger partial charge in [0.15, 0.2) is 0 Å². The van der Waals surface area contributed by atoms with E-state index in [9.17, 15) is 13.5 Å². The third-order valence-electron chi connectivity index (χ3n) is 4.72. The number of aliphatic hydroxyl groups is 1. The van der Waals surface area contributed by atoms with Gasteiger partial charge in [0.2, 0.25) is 0 Å². The Bertz CT molecular complexity index is 717. The fourth-order valence-electron chi connectivity index (χ4n) is 3.09. The Morgan fingerprint density at radius 1 is 1.04 bits per heavy atom. The molecule has 138 valence electrons. The number of hydrogen-bond acceptors (Lipinski definition) is 3. The van der Waals surface area contributed by atoms with Gasteiger partial charge in [-0.25, -0.2) is 0 Å². The molecule has 2 N–H and O–H groups in total. The summed E-state index contributed by atoms with van der Waals surface area (Å²) in [6, 6.07) is 5.71. The van der Waals surface area contributed by atoms with Crippen molar-refractivity contribution in [2.45, 2.75) is 68.8 Å². The Kier molecular flexibility index (Phi) is 6.99. The molecule has 25 heavy (non-hydrogen) atoms. The first kappa shape index (κ1) is 19.9. The van der Waals surface area contributed by atoms with Gasteiger partial charge in [-0.15, -0.1) is 0 Å². The molecule has 4 nitrogen and oxygen atoms in total. The van der Waals surface area contributed by atoms with Gasteiger partial charge in [0.25, 0.3) is 10.1 Å². The van der Waals surface area contributed by atoms with Crippen LogP contribution < -0.4 is 0 Å². The van der Waals surface area contributed by atoms with Crippen molar-refractivity contribution in [3.63, 3.8) is 0 Å². The molecule has 1 unspecified atom stereocenters. The van der Waals surface area contributed by atoms with Crippen molar-refractivity contribution in [3.8, 4) is 0 Å². The van der Waals surface area contributed by atoms with E-state index in [2.05, 4.69) is 13.0 Å². The van der Waals surface area contributed by atoms with Gasteiger partial charge in [0, 0.05) is 6.42 Å². The van der Waals surface area contributed by atoms with Crippen LogP contribution in [0.1, 0.15) is 63.9 Å². The first-order chi connectivity index (χ1) is 11.8. The molecule has 0 heterocycles. The van der Waals surface area contributed by atoms with Crippen LogP contribution in [0.4, 0.5) is 0 Å². The van der Waals surface area contributed by atoms with E-state index in [1.807, 2.05) is 6.08 Å². The average molecular weight is 365 g/mol. The molecule has 0 bridgehead atoms. The van der Waals surface area contributed by atoms with Crippen molar-refractivity contribution in [2.75, 3.05) is 0 Å². The molecule has 0 radical (unpaired) electrons. The van der Waals surface area contributed by atoms with Gasteiger partial charge in [-0.05, 0) is 36.6 Å². The van der Waals surface area contributed by atoms with Crippen LogP contribution in [0.5, 0.6) is 0 Å². The molecule has 5 heteroatoms. The SMILES string of the molecule is CCCCCCCCC1=CCC(O)(c2ccc(S(=O)(=O)O)cc2)C=C1. The van der Waals surface area contributed by atoms with Crippen molar-refractivity contribution in [2.24, 2.45) is 0 Å². The number of rotatable bonds is 9. The van der Waals surface area contributed by atoms with E-state index in [-0.39, 0.29) is 4.90 Å². The summed E-state index contributed by atoms with van der Waals surface area (Å²) in [5, 5.41) is 10.8. The van der Waals surface area contributed by atoms with Gasteiger partial charge < -0.3 is 5.11 Å². The summed E-state index contributed by atoms with van der Waals surface area (Å²) >= 11 is 0. The Hall–Kier alpha value is -1.43. The summed E-state index contributed by atoms with van der Waals surface area (Å²) in [5.74, 6) is 0. The first-order valence-electron chi connectivity index (χ1n) is 9.04. The van der Waals surface area contributed by atoms with Crippen LogP contribution >= 0.6 is 0 Å². The predicted molar refractivity (Wildman–Crippen MR) is 100.0 cm³/mol. The van der Waals surface area contributed by atoms with Gasteiger partial charge in [-0.1, -0.05) is 68.9 Å². The molecule has 0 saturated carbocycles. The Labute approximate surface area is 151 Å². The van der Waals surface area contributed by atoms with Crippen LogP contribution in [-0.2, 0) is 15.7 Å². The monoisotopic (exact) mass is 364 g/mol. The van der Waals surface area contributed by atoms with E-state index in [0.717, 1.165) is 6.42 Å². The summed E-state index contributed by atoms with van der Waals surface area (Å²) < 4.78 is 31.2. The Morgan fingerprint density at radius 2 is 1.68 bits per heavy atom. The number of unbranched alkanes of at least 4 members (excludes halogenated alkanes) is 5. The molecule has 1 aromatic rings. The molecule has 1 atom stereocenters. The lowest BCUT2D eigenvalue weighted by Gasteiger charge is -2.27. The highest BCUT2D eigenvalue weighted by Crippen LogP contribution is 2.33. The van der Waals surface area contributed by atoms with Gasteiger partial charge in [-0.2, -0.15) is 8.42 Å². The summed E-state index contributed by atoms with van der Waals surface area (Å²) in [5.41, 5.74) is 0.739. The standard InChI is InChI=1S/C20H28O4S/c1-2-3-4-5-6-7-8-17-13-15-20(21,16-14-17)18-9-11-19(12-10-18)25(22,23)24/h9-15,21H,2-8,16H2,1H3,(H,22,23,24). The molecule has 0 fully saturated rings. The largest absolute Gasteiger partial charge is 0.381 e. The van der Waals surface area contributed by atoms with Crippen molar-refractivity contribution in [1.82, 2.24) is 0 Å². The minimum atomic E-state index is -4.21. The second-order valence-electron chi connectivity index (χ2n) is 6.76. The van der Waals surface area contributed by atoms with E-state index < -0.39 is 15.7 Å². The van der Waals surface area contributed by atoms with Crippen molar-refractivity contribution in [3.05, 3.63) is 53.6 Å². The number of hydrogen-bond donors (Lipinski definition) is 2. The van der Waals surface area contributed by atoms with E-state index >= 15 is 0 Å². The van der Waals surface area contributed by atoms with Crippen LogP contribution in [0.25, 0.3) is 0 Å². The maximum atomic E-state index is 11.1. The number of allylic oxidation sites excluding steroid dienone is 2. The molecular formula is C20H28O4S. The maximum absolute atomic E-state index is 11.1. The second kappa shape index (κ2) is 8.79. The van der Waals surface area contributed by atoms with Gasteiger partial charge >= 0.3 is 0 Å². The van der Waals surface area contributed by atoms with Crippen LogP contribution in [-0.4, -0.2) is 18.1 Å². The van der Waals surface area contributed by atoms with Gasteiger partial charge in [-0.3, -0.25) is 4.55 Å². The fourth-order valence-corrected chi connectivity index (χ4v) is 3.57. The maximum Gasteiger partial charge on any atom is 0.294 e.